The standard InChI is InChI=1S/C14H11FN2O2/c1-18-13-3-10(6-16)4-14(5-13)19-9-11-2-12(15)8-17-7-11/h2-5,7-8H,9H2,1H3. The van der Waals surface area contributed by atoms with Crippen LogP contribution in [0.4, 0.5) is 4.39 Å². The van der Waals surface area contributed by atoms with Gasteiger partial charge in [0.25, 0.3) is 0 Å². The predicted molar refractivity (Wildman–Crippen MR) is 66.2 cm³/mol. The first-order chi connectivity index (χ1) is 9.21. The van der Waals surface area contributed by atoms with Crippen molar-refractivity contribution in [3.05, 3.63) is 53.6 Å². The Morgan fingerprint density at radius 3 is 2.68 bits per heavy atom. The van der Waals surface area contributed by atoms with Gasteiger partial charge in [-0.3, -0.25) is 4.98 Å². The third kappa shape index (κ3) is 3.42. The van der Waals surface area contributed by atoms with Crippen molar-refractivity contribution < 1.29 is 13.9 Å². The molecule has 0 aliphatic rings. The number of pyridine rings is 1. The van der Waals surface area contributed by atoms with Gasteiger partial charge in [0.15, 0.2) is 0 Å². The molecule has 2 aromatic rings. The highest BCUT2D eigenvalue weighted by atomic mass is 19.1. The van der Waals surface area contributed by atoms with E-state index < -0.39 is 5.82 Å². The minimum absolute atomic E-state index is 0.169. The highest BCUT2D eigenvalue weighted by molar-refractivity contribution is 5.43. The van der Waals surface area contributed by atoms with Crippen molar-refractivity contribution in [2.75, 3.05) is 7.11 Å². The van der Waals surface area contributed by atoms with Crippen LogP contribution in [0.5, 0.6) is 11.5 Å². The highest BCUT2D eigenvalue weighted by Crippen LogP contribution is 2.23. The summed E-state index contributed by atoms with van der Waals surface area (Å²) in [6.07, 6.45) is 2.65. The zero-order valence-electron chi connectivity index (χ0n) is 10.3. The third-order valence-corrected chi connectivity index (χ3v) is 2.41. The summed E-state index contributed by atoms with van der Waals surface area (Å²) >= 11 is 0. The van der Waals surface area contributed by atoms with E-state index in [1.54, 1.807) is 18.2 Å². The summed E-state index contributed by atoms with van der Waals surface area (Å²) < 4.78 is 23.5. The van der Waals surface area contributed by atoms with E-state index in [0.717, 1.165) is 6.20 Å². The van der Waals surface area contributed by atoms with Gasteiger partial charge in [0.05, 0.1) is 24.9 Å². The van der Waals surface area contributed by atoms with Crippen LogP contribution in [-0.4, -0.2) is 12.1 Å². The van der Waals surface area contributed by atoms with Crippen LogP contribution < -0.4 is 9.47 Å². The number of halogens is 1. The van der Waals surface area contributed by atoms with E-state index >= 15 is 0 Å². The van der Waals surface area contributed by atoms with E-state index in [0.29, 0.717) is 22.6 Å². The summed E-state index contributed by atoms with van der Waals surface area (Å²) in [6.45, 7) is 0.169. The van der Waals surface area contributed by atoms with E-state index in [1.807, 2.05) is 6.07 Å². The van der Waals surface area contributed by atoms with Gasteiger partial charge in [-0.05, 0) is 18.2 Å². The Kier molecular flexibility index (Phi) is 3.94. The first-order valence-corrected chi connectivity index (χ1v) is 5.52. The molecule has 0 fully saturated rings. The van der Waals surface area contributed by atoms with E-state index in [4.69, 9.17) is 14.7 Å². The van der Waals surface area contributed by atoms with Gasteiger partial charge in [0.1, 0.15) is 23.9 Å². The molecule has 0 bridgehead atoms. The molecule has 0 saturated carbocycles. The number of methoxy groups -OCH3 is 1. The van der Waals surface area contributed by atoms with Crippen molar-refractivity contribution in [2.45, 2.75) is 6.61 Å². The Labute approximate surface area is 110 Å². The number of nitriles is 1. The quantitative estimate of drug-likeness (QED) is 0.846. The summed E-state index contributed by atoms with van der Waals surface area (Å²) in [5.41, 5.74) is 1.05. The maximum Gasteiger partial charge on any atom is 0.141 e. The van der Waals surface area contributed by atoms with E-state index in [2.05, 4.69) is 4.98 Å². The Hall–Kier alpha value is -2.61. The molecule has 0 radical (unpaired) electrons. The van der Waals surface area contributed by atoms with Crippen molar-refractivity contribution in [1.82, 2.24) is 4.98 Å². The monoisotopic (exact) mass is 258 g/mol. The third-order valence-electron chi connectivity index (χ3n) is 2.41. The molecule has 0 spiro atoms. The fourth-order valence-corrected chi connectivity index (χ4v) is 1.54. The van der Waals surface area contributed by atoms with E-state index in [-0.39, 0.29) is 6.61 Å². The van der Waals surface area contributed by atoms with Crippen molar-refractivity contribution >= 4 is 0 Å². The smallest absolute Gasteiger partial charge is 0.141 e. The van der Waals surface area contributed by atoms with E-state index in [9.17, 15) is 4.39 Å². The lowest BCUT2D eigenvalue weighted by Crippen LogP contribution is -1.98. The number of ether oxygens (including phenoxy) is 2. The molecule has 0 atom stereocenters. The minimum atomic E-state index is -0.413. The summed E-state index contributed by atoms with van der Waals surface area (Å²) in [5, 5.41) is 8.88. The Morgan fingerprint density at radius 1 is 1.21 bits per heavy atom. The van der Waals surface area contributed by atoms with Gasteiger partial charge in [-0.15, -0.1) is 0 Å². The molecule has 5 heteroatoms. The number of rotatable bonds is 4. The molecule has 0 aliphatic heterocycles. The molecule has 4 nitrogen and oxygen atoms in total. The summed E-state index contributed by atoms with van der Waals surface area (Å²) in [6, 6.07) is 8.22. The minimum Gasteiger partial charge on any atom is -0.497 e. The second kappa shape index (κ2) is 5.83. The molecular formula is C14H11FN2O2. The van der Waals surface area contributed by atoms with Crippen molar-refractivity contribution in [2.24, 2.45) is 0 Å². The lowest BCUT2D eigenvalue weighted by atomic mass is 10.2. The second-order valence-corrected chi connectivity index (χ2v) is 3.81. The molecule has 19 heavy (non-hydrogen) atoms. The fourth-order valence-electron chi connectivity index (χ4n) is 1.54. The summed E-state index contributed by atoms with van der Waals surface area (Å²) in [7, 11) is 1.51. The molecule has 0 amide bonds. The lowest BCUT2D eigenvalue weighted by molar-refractivity contribution is 0.302. The Bertz CT molecular complexity index is 623. The van der Waals surface area contributed by atoms with Crippen LogP contribution in [0, 0.1) is 17.1 Å². The second-order valence-electron chi connectivity index (χ2n) is 3.81. The maximum atomic E-state index is 12.9. The van der Waals surface area contributed by atoms with Gasteiger partial charge in [-0.1, -0.05) is 0 Å². The Morgan fingerprint density at radius 2 is 2.00 bits per heavy atom. The van der Waals surface area contributed by atoms with Crippen molar-refractivity contribution in [3.8, 4) is 17.6 Å². The predicted octanol–water partition coefficient (Wildman–Crippen LogP) is 2.68. The molecular weight excluding hydrogens is 247 g/mol. The van der Waals surface area contributed by atoms with Crippen LogP contribution in [0.2, 0.25) is 0 Å². The van der Waals surface area contributed by atoms with Crippen LogP contribution in [0.15, 0.2) is 36.7 Å². The van der Waals surface area contributed by atoms with Crippen molar-refractivity contribution in [3.63, 3.8) is 0 Å². The maximum absolute atomic E-state index is 12.9. The number of nitrogens with zero attached hydrogens (tertiary/aromatic N) is 2. The van der Waals surface area contributed by atoms with Gasteiger partial charge in [-0.25, -0.2) is 4.39 Å². The summed E-state index contributed by atoms with van der Waals surface area (Å²) in [4.78, 5) is 3.73. The zero-order valence-corrected chi connectivity index (χ0v) is 10.3. The zero-order chi connectivity index (χ0) is 13.7. The molecule has 0 aliphatic carbocycles. The topological polar surface area (TPSA) is 55.1 Å². The lowest BCUT2D eigenvalue weighted by Gasteiger charge is -2.08. The normalized spacial score (nSPS) is 9.74. The van der Waals surface area contributed by atoms with Crippen LogP contribution in [0.3, 0.4) is 0 Å². The van der Waals surface area contributed by atoms with Gasteiger partial charge in [-0.2, -0.15) is 5.26 Å². The molecule has 0 saturated heterocycles. The van der Waals surface area contributed by atoms with Gasteiger partial charge in [0, 0.05) is 17.8 Å². The number of hydrogen-bond acceptors (Lipinski definition) is 4. The molecule has 1 aromatic carbocycles. The van der Waals surface area contributed by atoms with Gasteiger partial charge in [0.2, 0.25) is 0 Å². The molecule has 2 rings (SSSR count). The number of benzene rings is 1. The molecule has 0 N–H and O–H groups in total. The summed E-state index contributed by atoms with van der Waals surface area (Å²) in [5.74, 6) is 0.607. The van der Waals surface area contributed by atoms with Crippen LogP contribution >= 0.6 is 0 Å². The SMILES string of the molecule is COc1cc(C#N)cc(OCc2cncc(F)c2)c1. The van der Waals surface area contributed by atoms with Crippen LogP contribution in [-0.2, 0) is 6.61 Å². The first-order valence-electron chi connectivity index (χ1n) is 5.52. The van der Waals surface area contributed by atoms with Gasteiger partial charge >= 0.3 is 0 Å². The van der Waals surface area contributed by atoms with Gasteiger partial charge < -0.3 is 9.47 Å². The van der Waals surface area contributed by atoms with Crippen molar-refractivity contribution in [1.29, 1.82) is 5.26 Å². The number of hydrogen-bond donors (Lipinski definition) is 0. The molecule has 1 heterocycles. The van der Waals surface area contributed by atoms with Crippen LogP contribution in [0.25, 0.3) is 0 Å². The van der Waals surface area contributed by atoms with E-state index in [1.165, 1.54) is 19.4 Å². The molecule has 1 aromatic heterocycles. The average Bonchev–Trinajstić information content (AvgIpc) is 2.44. The highest BCUT2D eigenvalue weighted by Gasteiger charge is 2.03. The Balaban J connectivity index is 2.13. The average molecular weight is 258 g/mol. The number of aromatic nitrogens is 1. The first kappa shape index (κ1) is 12.8. The molecule has 0 unspecified atom stereocenters. The van der Waals surface area contributed by atoms with Crippen LogP contribution in [0.1, 0.15) is 11.1 Å². The largest absolute Gasteiger partial charge is 0.497 e. The molecule has 96 valence electrons. The fraction of sp³-hybridized carbons (Fsp3) is 0.143.